The highest BCUT2D eigenvalue weighted by atomic mass is 32.2. The Hall–Kier alpha value is -2.87. The Kier molecular flexibility index (Phi) is 7.84. The minimum atomic E-state index is -3.74. The zero-order valence-electron chi connectivity index (χ0n) is 19.0. The molecule has 0 aliphatic rings. The Labute approximate surface area is 185 Å². The molecule has 0 radical (unpaired) electrons. The van der Waals surface area contributed by atoms with Crippen LogP contribution < -0.4 is 9.62 Å². The molecule has 2 rings (SSSR count). The van der Waals surface area contributed by atoms with Gasteiger partial charge in [0.05, 0.1) is 11.9 Å². The average Bonchev–Trinajstić information content (AvgIpc) is 2.69. The van der Waals surface area contributed by atoms with Crippen LogP contribution in [0.25, 0.3) is 0 Å². The van der Waals surface area contributed by atoms with E-state index in [2.05, 4.69) is 5.32 Å². The van der Waals surface area contributed by atoms with E-state index in [9.17, 15) is 18.0 Å². The van der Waals surface area contributed by atoms with Crippen molar-refractivity contribution < 1.29 is 18.0 Å². The van der Waals surface area contributed by atoms with Gasteiger partial charge in [-0.25, -0.2) is 8.42 Å². The lowest BCUT2D eigenvalue weighted by Gasteiger charge is -2.32. The second-order valence-corrected chi connectivity index (χ2v) is 9.72. The van der Waals surface area contributed by atoms with Gasteiger partial charge in [0.2, 0.25) is 21.8 Å². The van der Waals surface area contributed by atoms with Gasteiger partial charge in [-0.3, -0.25) is 13.9 Å². The number of carbonyl (C=O) groups excluding carboxylic acids is 2. The molecule has 0 saturated heterocycles. The van der Waals surface area contributed by atoms with Crippen molar-refractivity contribution >= 4 is 27.5 Å². The van der Waals surface area contributed by atoms with E-state index < -0.39 is 28.5 Å². The molecule has 7 nitrogen and oxygen atoms in total. The molecule has 1 atom stereocenters. The summed E-state index contributed by atoms with van der Waals surface area (Å²) < 4.78 is 26.4. The van der Waals surface area contributed by atoms with Gasteiger partial charge in [-0.1, -0.05) is 48.0 Å². The van der Waals surface area contributed by atoms with Crippen molar-refractivity contribution in [1.82, 2.24) is 10.2 Å². The van der Waals surface area contributed by atoms with E-state index in [1.807, 2.05) is 63.2 Å². The van der Waals surface area contributed by atoms with Crippen molar-refractivity contribution in [1.29, 1.82) is 0 Å². The molecule has 0 aliphatic heterocycles. The Morgan fingerprint density at radius 2 is 1.61 bits per heavy atom. The fourth-order valence-corrected chi connectivity index (χ4v) is 4.54. The molecule has 8 heteroatoms. The Morgan fingerprint density at radius 3 is 2.13 bits per heavy atom. The van der Waals surface area contributed by atoms with E-state index in [0.717, 1.165) is 32.8 Å². The number of hydrogen-bond acceptors (Lipinski definition) is 4. The molecule has 2 aromatic rings. The number of benzene rings is 2. The van der Waals surface area contributed by atoms with Crippen LogP contribution in [-0.2, 0) is 26.2 Å². The van der Waals surface area contributed by atoms with Gasteiger partial charge in [0, 0.05) is 13.6 Å². The van der Waals surface area contributed by atoms with Crippen molar-refractivity contribution in [2.75, 3.05) is 24.2 Å². The number of amides is 2. The molecule has 0 spiro atoms. The molecule has 0 fully saturated rings. The van der Waals surface area contributed by atoms with Gasteiger partial charge in [-0.05, 0) is 44.4 Å². The van der Waals surface area contributed by atoms with E-state index in [1.54, 1.807) is 6.92 Å². The zero-order chi connectivity index (χ0) is 23.3. The predicted molar refractivity (Wildman–Crippen MR) is 123 cm³/mol. The molecule has 0 aliphatic carbocycles. The third kappa shape index (κ3) is 6.07. The first kappa shape index (κ1) is 24.4. The monoisotopic (exact) mass is 445 g/mol. The highest BCUT2D eigenvalue weighted by molar-refractivity contribution is 7.92. The number of aryl methyl sites for hydroxylation is 3. The van der Waals surface area contributed by atoms with Gasteiger partial charge in [0.25, 0.3) is 0 Å². The number of rotatable bonds is 8. The molecule has 0 saturated carbocycles. The molecule has 31 heavy (non-hydrogen) atoms. The summed E-state index contributed by atoms with van der Waals surface area (Å²) >= 11 is 0. The number of hydrogen-bond donors (Lipinski definition) is 1. The molecule has 168 valence electrons. The van der Waals surface area contributed by atoms with Gasteiger partial charge >= 0.3 is 0 Å². The van der Waals surface area contributed by atoms with E-state index in [4.69, 9.17) is 0 Å². The maximum Gasteiger partial charge on any atom is 0.244 e. The maximum absolute atomic E-state index is 13.4. The van der Waals surface area contributed by atoms with Crippen LogP contribution in [0.15, 0.2) is 42.5 Å². The Balaban J connectivity index is 2.45. The summed E-state index contributed by atoms with van der Waals surface area (Å²) in [5.41, 5.74) is 3.89. The van der Waals surface area contributed by atoms with Gasteiger partial charge in [0.1, 0.15) is 12.6 Å². The normalized spacial score (nSPS) is 12.2. The molecule has 2 aromatic carbocycles. The highest BCUT2D eigenvalue weighted by Gasteiger charge is 2.30. The molecular weight excluding hydrogens is 414 g/mol. The Morgan fingerprint density at radius 1 is 1.03 bits per heavy atom. The van der Waals surface area contributed by atoms with E-state index in [0.29, 0.717) is 5.69 Å². The number of carbonyl (C=O) groups is 2. The fraction of sp³-hybridized carbons (Fsp3) is 0.391. The van der Waals surface area contributed by atoms with Crippen LogP contribution in [-0.4, -0.2) is 51.0 Å². The number of likely N-dealkylation sites (N-methyl/N-ethyl adjacent to an activating group) is 1. The summed E-state index contributed by atoms with van der Waals surface area (Å²) in [6.07, 6.45) is 1.08. The summed E-state index contributed by atoms with van der Waals surface area (Å²) in [5, 5.41) is 2.57. The summed E-state index contributed by atoms with van der Waals surface area (Å²) in [6.45, 7) is 7.00. The number of anilines is 1. The molecule has 0 heterocycles. The van der Waals surface area contributed by atoms with Crippen molar-refractivity contribution in [3.63, 3.8) is 0 Å². The fourth-order valence-electron chi connectivity index (χ4n) is 3.57. The lowest BCUT2D eigenvalue weighted by molar-refractivity contribution is -0.139. The lowest BCUT2D eigenvalue weighted by atomic mass is 10.1. The molecular formula is C23H31N3O4S. The van der Waals surface area contributed by atoms with E-state index >= 15 is 0 Å². The van der Waals surface area contributed by atoms with Crippen LogP contribution in [0.4, 0.5) is 5.69 Å². The molecule has 0 bridgehead atoms. The minimum absolute atomic E-state index is 0.194. The van der Waals surface area contributed by atoms with Crippen LogP contribution in [0.2, 0.25) is 0 Å². The SMILES string of the molecule is CNC(=O)[C@H](C)N(Cc1cccc(C)c1)C(=O)CN(c1c(C)cccc1C)S(C)(=O)=O. The third-order valence-corrected chi connectivity index (χ3v) is 6.33. The molecule has 0 aromatic heterocycles. The van der Waals surface area contributed by atoms with E-state index in [-0.39, 0.29) is 12.5 Å². The Bertz CT molecular complexity index is 1050. The number of nitrogens with zero attached hydrogens (tertiary/aromatic N) is 2. The first-order valence-electron chi connectivity index (χ1n) is 10.1. The molecule has 2 amide bonds. The quantitative estimate of drug-likeness (QED) is 0.677. The second-order valence-electron chi connectivity index (χ2n) is 7.81. The van der Waals surface area contributed by atoms with Crippen molar-refractivity contribution in [3.8, 4) is 0 Å². The van der Waals surface area contributed by atoms with Crippen molar-refractivity contribution in [2.45, 2.75) is 40.3 Å². The first-order valence-corrected chi connectivity index (χ1v) is 11.9. The van der Waals surface area contributed by atoms with E-state index in [1.165, 1.54) is 11.9 Å². The largest absolute Gasteiger partial charge is 0.357 e. The van der Waals surface area contributed by atoms with Crippen LogP contribution in [0.1, 0.15) is 29.2 Å². The topological polar surface area (TPSA) is 86.8 Å². The highest BCUT2D eigenvalue weighted by Crippen LogP contribution is 2.27. The lowest BCUT2D eigenvalue weighted by Crippen LogP contribution is -2.50. The van der Waals surface area contributed by atoms with Gasteiger partial charge < -0.3 is 10.2 Å². The van der Waals surface area contributed by atoms with Crippen LogP contribution >= 0.6 is 0 Å². The third-order valence-electron chi connectivity index (χ3n) is 5.22. The second kappa shape index (κ2) is 9.96. The number of nitrogens with one attached hydrogen (secondary N) is 1. The number of para-hydroxylation sites is 1. The standard InChI is InChI=1S/C23H31N3O4S/c1-16-9-7-12-20(13-16)14-25(19(4)23(28)24-5)21(27)15-26(31(6,29)30)22-17(2)10-8-11-18(22)3/h7-13,19H,14-15H2,1-6H3,(H,24,28)/t19-/m0/s1. The van der Waals surface area contributed by atoms with Crippen LogP contribution in [0.3, 0.4) is 0 Å². The molecule has 0 unspecified atom stereocenters. The average molecular weight is 446 g/mol. The van der Waals surface area contributed by atoms with Crippen LogP contribution in [0, 0.1) is 20.8 Å². The van der Waals surface area contributed by atoms with Crippen LogP contribution in [0.5, 0.6) is 0 Å². The maximum atomic E-state index is 13.4. The first-order chi connectivity index (χ1) is 14.5. The summed E-state index contributed by atoms with van der Waals surface area (Å²) in [5.74, 6) is -0.773. The van der Waals surface area contributed by atoms with Crippen molar-refractivity contribution in [2.24, 2.45) is 0 Å². The minimum Gasteiger partial charge on any atom is -0.357 e. The smallest absolute Gasteiger partial charge is 0.244 e. The summed E-state index contributed by atoms with van der Waals surface area (Å²) in [4.78, 5) is 27.1. The van der Waals surface area contributed by atoms with Crippen molar-refractivity contribution in [3.05, 3.63) is 64.7 Å². The zero-order valence-corrected chi connectivity index (χ0v) is 19.8. The summed E-state index contributed by atoms with van der Waals surface area (Å²) in [7, 11) is -2.23. The van der Waals surface area contributed by atoms with Gasteiger partial charge in [0.15, 0.2) is 0 Å². The number of sulfonamides is 1. The van der Waals surface area contributed by atoms with Gasteiger partial charge in [-0.2, -0.15) is 0 Å². The predicted octanol–water partition coefficient (Wildman–Crippen LogP) is 2.54. The van der Waals surface area contributed by atoms with Gasteiger partial charge in [-0.15, -0.1) is 0 Å². The summed E-state index contributed by atoms with van der Waals surface area (Å²) in [6, 6.07) is 12.3. The molecule has 1 N–H and O–H groups in total.